The van der Waals surface area contributed by atoms with Crippen LogP contribution in [0.4, 0.5) is 0 Å². The number of likely N-dealkylation sites (N-methyl/N-ethyl adjacent to an activating group) is 2. The highest BCUT2D eigenvalue weighted by Crippen LogP contribution is 2.17. The molecule has 20 nitrogen and oxygen atoms in total. The number of piperidine rings is 2. The molecule has 0 spiro atoms. The zero-order valence-corrected chi connectivity index (χ0v) is 22.4. The van der Waals surface area contributed by atoms with Crippen molar-refractivity contribution < 1.29 is 58.2 Å². The van der Waals surface area contributed by atoms with Crippen LogP contribution in [0.3, 0.4) is 0 Å². The summed E-state index contributed by atoms with van der Waals surface area (Å²) in [4.78, 5) is 92.6. The minimum Gasteiger partial charge on any atom is -0.426 e. The first-order valence-electron chi connectivity index (χ1n) is 12.1. The van der Waals surface area contributed by atoms with E-state index in [0.717, 1.165) is 9.80 Å². The molecule has 2 saturated heterocycles. The third-order valence-electron chi connectivity index (χ3n) is 5.66. The van der Waals surface area contributed by atoms with Gasteiger partial charge in [0, 0.05) is 26.2 Å². The van der Waals surface area contributed by atoms with E-state index in [1.54, 1.807) is 0 Å². The molecular formula is C20H32N6O14. The summed E-state index contributed by atoms with van der Waals surface area (Å²) >= 11 is 0. The summed E-state index contributed by atoms with van der Waals surface area (Å²) in [6, 6.07) is 0. The van der Waals surface area contributed by atoms with Crippen molar-refractivity contribution in [3.05, 3.63) is 20.2 Å². The largest absolute Gasteiger partial charge is 0.426 e. The molecule has 2 unspecified atom stereocenters. The molecule has 2 aliphatic rings. The molecule has 0 saturated carbocycles. The molecule has 0 amide bonds. The SMILES string of the molecule is CN(C)C(OC(=O)C(=O)OC(C(=O)ON1CCC(O[N+](=O)[O-])CC1)N(C)C)C(=O)ON1CCC(O[N+](=O)[O-])CC1. The van der Waals surface area contributed by atoms with E-state index in [4.69, 9.17) is 19.1 Å². The van der Waals surface area contributed by atoms with Crippen molar-refractivity contribution in [3.8, 4) is 0 Å². The molecule has 2 atom stereocenters. The number of hydroxylamine groups is 4. The Labute approximate surface area is 227 Å². The van der Waals surface area contributed by atoms with Crippen molar-refractivity contribution in [2.45, 2.75) is 50.3 Å². The van der Waals surface area contributed by atoms with Crippen molar-refractivity contribution >= 4 is 23.9 Å². The number of rotatable bonds is 12. The van der Waals surface area contributed by atoms with Gasteiger partial charge in [-0.05, 0) is 53.9 Å². The van der Waals surface area contributed by atoms with Gasteiger partial charge in [0.1, 0.15) is 12.2 Å². The number of carbonyl (C=O) groups excluding carboxylic acids is 4. The molecule has 0 aromatic carbocycles. The highest BCUT2D eigenvalue weighted by atomic mass is 17.0. The van der Waals surface area contributed by atoms with Crippen LogP contribution in [-0.2, 0) is 48.0 Å². The summed E-state index contributed by atoms with van der Waals surface area (Å²) in [6.45, 7) is 0.474. The first kappa shape index (κ1) is 32.3. The Morgan fingerprint density at radius 1 is 0.675 bits per heavy atom. The van der Waals surface area contributed by atoms with Crippen molar-refractivity contribution in [2.24, 2.45) is 0 Å². The fraction of sp³-hybridized carbons (Fsp3) is 0.800. The van der Waals surface area contributed by atoms with E-state index >= 15 is 0 Å². The van der Waals surface area contributed by atoms with Gasteiger partial charge in [0.05, 0.1) is 0 Å². The van der Waals surface area contributed by atoms with Crippen LogP contribution in [0.1, 0.15) is 25.7 Å². The molecule has 0 N–H and O–H groups in total. The molecule has 0 aromatic rings. The highest BCUT2D eigenvalue weighted by molar-refractivity contribution is 6.30. The lowest BCUT2D eigenvalue weighted by Crippen LogP contribution is -2.49. The van der Waals surface area contributed by atoms with E-state index in [2.05, 4.69) is 9.68 Å². The number of hydrogen-bond acceptors (Lipinski definition) is 18. The molecule has 0 radical (unpaired) electrons. The molecule has 40 heavy (non-hydrogen) atoms. The maximum absolute atomic E-state index is 12.6. The van der Waals surface area contributed by atoms with Crippen LogP contribution in [0.25, 0.3) is 0 Å². The molecule has 0 bridgehead atoms. The van der Waals surface area contributed by atoms with Gasteiger partial charge in [-0.1, -0.05) is 0 Å². The van der Waals surface area contributed by atoms with Crippen LogP contribution in [0, 0.1) is 20.2 Å². The number of ether oxygens (including phenoxy) is 2. The van der Waals surface area contributed by atoms with Crippen LogP contribution < -0.4 is 0 Å². The van der Waals surface area contributed by atoms with E-state index in [-0.39, 0.29) is 51.9 Å². The van der Waals surface area contributed by atoms with E-state index < -0.39 is 58.7 Å². The average molecular weight is 581 g/mol. The van der Waals surface area contributed by atoms with Crippen molar-refractivity contribution in [2.75, 3.05) is 54.4 Å². The third-order valence-corrected chi connectivity index (χ3v) is 5.66. The molecule has 2 heterocycles. The fourth-order valence-corrected chi connectivity index (χ4v) is 3.67. The van der Waals surface area contributed by atoms with Crippen LogP contribution >= 0.6 is 0 Å². The number of hydrogen-bond donors (Lipinski definition) is 0. The highest BCUT2D eigenvalue weighted by Gasteiger charge is 2.37. The summed E-state index contributed by atoms with van der Waals surface area (Å²) in [7, 11) is 5.51. The third kappa shape index (κ3) is 10.4. The quantitative estimate of drug-likeness (QED) is 0.0808. The molecule has 0 aliphatic carbocycles. The number of carbonyl (C=O) groups is 4. The average Bonchev–Trinajstić information content (AvgIpc) is 2.86. The Bertz CT molecular complexity index is 859. The minimum atomic E-state index is -1.67. The maximum atomic E-state index is 12.6. The van der Waals surface area contributed by atoms with Crippen LogP contribution in [0.15, 0.2) is 0 Å². The van der Waals surface area contributed by atoms with Crippen LogP contribution in [-0.4, -0.2) is 133 Å². The van der Waals surface area contributed by atoms with Gasteiger partial charge < -0.3 is 28.8 Å². The van der Waals surface area contributed by atoms with Crippen LogP contribution in [0.5, 0.6) is 0 Å². The summed E-state index contributed by atoms with van der Waals surface area (Å²) < 4.78 is 9.90. The first-order chi connectivity index (χ1) is 18.8. The maximum Gasteiger partial charge on any atom is 0.419 e. The Morgan fingerprint density at radius 2 is 0.975 bits per heavy atom. The zero-order chi connectivity index (χ0) is 30.0. The minimum absolute atomic E-state index is 0.118. The Hall–Kier alpha value is -3.88. The summed E-state index contributed by atoms with van der Waals surface area (Å²) in [5.74, 6) is -5.28. The molecule has 2 aliphatic heterocycles. The predicted molar refractivity (Wildman–Crippen MR) is 125 cm³/mol. The van der Waals surface area contributed by atoms with Crippen molar-refractivity contribution in [3.63, 3.8) is 0 Å². The van der Waals surface area contributed by atoms with Gasteiger partial charge in [-0.2, -0.15) is 0 Å². The van der Waals surface area contributed by atoms with E-state index in [1.807, 2.05) is 0 Å². The summed E-state index contributed by atoms with van der Waals surface area (Å²) in [5.41, 5.74) is 0. The smallest absolute Gasteiger partial charge is 0.419 e. The van der Waals surface area contributed by atoms with Gasteiger partial charge >= 0.3 is 23.9 Å². The molecule has 0 aromatic heterocycles. The lowest BCUT2D eigenvalue weighted by atomic mass is 10.1. The normalized spacial score (nSPS) is 18.9. The van der Waals surface area contributed by atoms with Crippen molar-refractivity contribution in [1.82, 2.24) is 19.9 Å². The van der Waals surface area contributed by atoms with E-state index in [9.17, 15) is 39.4 Å². The molecule has 226 valence electrons. The fourth-order valence-electron chi connectivity index (χ4n) is 3.67. The standard InChI is InChI=1S/C20H32N6O14/c1-21(2)15(17(27)39-23-9-5-13(6-10-23)37-25(31)32)35-19(29)20(30)36-16(22(3)4)18(28)40-24-11-7-14(8-12-24)38-26(33)34/h13-16H,5-12H2,1-4H3. The van der Waals surface area contributed by atoms with E-state index in [1.165, 1.54) is 38.3 Å². The topological polar surface area (TPSA) is 223 Å². The molecule has 2 rings (SSSR count). The predicted octanol–water partition coefficient (Wildman–Crippen LogP) is -1.89. The Morgan fingerprint density at radius 3 is 1.23 bits per heavy atom. The monoisotopic (exact) mass is 580 g/mol. The first-order valence-corrected chi connectivity index (χ1v) is 12.1. The van der Waals surface area contributed by atoms with Crippen LogP contribution in [0.2, 0.25) is 0 Å². The molecule has 20 heteroatoms. The number of nitrogens with zero attached hydrogens (tertiary/aromatic N) is 6. The Kier molecular flexibility index (Phi) is 12.2. The Balaban J connectivity index is 1.88. The second-order valence-electron chi connectivity index (χ2n) is 9.18. The van der Waals surface area contributed by atoms with Gasteiger partial charge in [-0.15, -0.1) is 30.4 Å². The van der Waals surface area contributed by atoms with Gasteiger partial charge in [0.2, 0.25) is 0 Å². The summed E-state index contributed by atoms with van der Waals surface area (Å²) in [6.07, 6.45) is -3.79. The molecule has 2 fully saturated rings. The van der Waals surface area contributed by atoms with E-state index in [0.29, 0.717) is 0 Å². The number of esters is 2. The van der Waals surface area contributed by atoms with Gasteiger partial charge in [0.25, 0.3) is 22.6 Å². The van der Waals surface area contributed by atoms with Gasteiger partial charge in [-0.25, -0.2) is 19.2 Å². The van der Waals surface area contributed by atoms with Gasteiger partial charge in [-0.3, -0.25) is 9.80 Å². The second kappa shape index (κ2) is 15.1. The summed E-state index contributed by atoms with van der Waals surface area (Å²) in [5, 5.41) is 21.6. The lowest BCUT2D eigenvalue weighted by Gasteiger charge is -2.31. The molecular weight excluding hydrogens is 548 g/mol. The second-order valence-corrected chi connectivity index (χ2v) is 9.18. The lowest BCUT2D eigenvalue weighted by molar-refractivity contribution is -0.769. The van der Waals surface area contributed by atoms with Crippen molar-refractivity contribution in [1.29, 1.82) is 0 Å². The zero-order valence-electron chi connectivity index (χ0n) is 22.4. The van der Waals surface area contributed by atoms with Gasteiger partial charge in [0.15, 0.2) is 0 Å².